The highest BCUT2D eigenvalue weighted by molar-refractivity contribution is 7.86. The molecule has 2 saturated heterocycles. The Morgan fingerprint density at radius 2 is 2.00 bits per heavy atom. The molecule has 2 aliphatic rings. The lowest BCUT2D eigenvalue weighted by Gasteiger charge is -2.37. The van der Waals surface area contributed by atoms with Crippen LogP contribution in [0.4, 0.5) is 0 Å². The van der Waals surface area contributed by atoms with E-state index in [1.54, 1.807) is 11.4 Å². The smallest absolute Gasteiger partial charge is 0.281 e. The molecule has 112 valence electrons. The summed E-state index contributed by atoms with van der Waals surface area (Å²) in [5, 5.41) is 0. The highest BCUT2D eigenvalue weighted by Gasteiger charge is 2.35. The predicted molar refractivity (Wildman–Crippen MR) is 73.9 cm³/mol. The fraction of sp³-hybridized carbons (Fsp3) is 1.00. The van der Waals surface area contributed by atoms with Gasteiger partial charge in [-0.25, -0.2) is 0 Å². The molecule has 0 aromatic heterocycles. The van der Waals surface area contributed by atoms with Crippen molar-refractivity contribution < 1.29 is 13.2 Å². The third kappa shape index (κ3) is 3.46. The van der Waals surface area contributed by atoms with E-state index in [9.17, 15) is 8.42 Å². The Morgan fingerprint density at radius 3 is 2.63 bits per heavy atom. The minimum Gasteiger partial charge on any atom is -0.381 e. The average Bonchev–Trinajstić information content (AvgIpc) is 2.47. The first kappa shape index (κ1) is 15.2. The lowest BCUT2D eigenvalue weighted by Crippen LogP contribution is -2.51. The van der Waals surface area contributed by atoms with Crippen molar-refractivity contribution in [1.82, 2.24) is 8.61 Å². The van der Waals surface area contributed by atoms with Crippen molar-refractivity contribution >= 4 is 10.2 Å². The Hall–Kier alpha value is -0.210. The van der Waals surface area contributed by atoms with Gasteiger partial charge in [-0.15, -0.1) is 0 Å². The van der Waals surface area contributed by atoms with Crippen LogP contribution in [-0.4, -0.2) is 63.0 Å². The van der Waals surface area contributed by atoms with Gasteiger partial charge in [0.15, 0.2) is 0 Å². The molecule has 2 fully saturated rings. The van der Waals surface area contributed by atoms with Crippen LogP contribution in [0.15, 0.2) is 0 Å². The number of hydrogen-bond donors (Lipinski definition) is 1. The van der Waals surface area contributed by atoms with Crippen LogP contribution in [0.25, 0.3) is 0 Å². The van der Waals surface area contributed by atoms with E-state index in [4.69, 9.17) is 10.5 Å². The molecule has 19 heavy (non-hydrogen) atoms. The van der Waals surface area contributed by atoms with Gasteiger partial charge in [0.1, 0.15) is 0 Å². The van der Waals surface area contributed by atoms with Crippen molar-refractivity contribution in [3.05, 3.63) is 0 Å². The van der Waals surface area contributed by atoms with E-state index < -0.39 is 10.2 Å². The van der Waals surface area contributed by atoms with E-state index in [0.717, 1.165) is 25.7 Å². The lowest BCUT2D eigenvalue weighted by molar-refractivity contribution is 0.0613. The second-order valence-corrected chi connectivity index (χ2v) is 7.46. The van der Waals surface area contributed by atoms with Crippen LogP contribution < -0.4 is 5.73 Å². The van der Waals surface area contributed by atoms with Gasteiger partial charge in [0.2, 0.25) is 0 Å². The van der Waals surface area contributed by atoms with Gasteiger partial charge in [0.05, 0.1) is 0 Å². The van der Waals surface area contributed by atoms with Crippen LogP contribution in [0, 0.1) is 5.92 Å². The molecule has 0 aromatic rings. The summed E-state index contributed by atoms with van der Waals surface area (Å²) in [6.45, 7) is 3.04. The molecule has 2 aliphatic heterocycles. The minimum atomic E-state index is -3.35. The molecule has 1 atom stereocenters. The fourth-order valence-electron chi connectivity index (χ4n) is 2.85. The Bertz CT molecular complexity index is 374. The number of hydrogen-bond acceptors (Lipinski definition) is 4. The summed E-state index contributed by atoms with van der Waals surface area (Å²) >= 11 is 0. The van der Waals surface area contributed by atoms with Gasteiger partial charge in [-0.3, -0.25) is 0 Å². The Kier molecular flexibility index (Phi) is 5.19. The highest BCUT2D eigenvalue weighted by atomic mass is 32.2. The average molecular weight is 291 g/mol. The van der Waals surface area contributed by atoms with Crippen LogP contribution in [0.3, 0.4) is 0 Å². The van der Waals surface area contributed by atoms with Gasteiger partial charge in [0.25, 0.3) is 10.2 Å². The summed E-state index contributed by atoms with van der Waals surface area (Å²) < 4.78 is 33.7. The summed E-state index contributed by atoms with van der Waals surface area (Å²) in [6, 6.07) is 0.0667. The molecular formula is C12H25N3O3S. The van der Waals surface area contributed by atoms with Gasteiger partial charge in [-0.2, -0.15) is 17.0 Å². The molecular weight excluding hydrogens is 266 g/mol. The fourth-order valence-corrected chi connectivity index (χ4v) is 4.56. The molecule has 0 radical (unpaired) electrons. The van der Waals surface area contributed by atoms with E-state index in [-0.39, 0.29) is 6.04 Å². The van der Waals surface area contributed by atoms with Gasteiger partial charge >= 0.3 is 0 Å². The lowest BCUT2D eigenvalue weighted by atomic mass is 10.0. The molecule has 0 amide bonds. The zero-order chi connectivity index (χ0) is 13.9. The molecule has 1 unspecified atom stereocenters. The number of nitrogens with two attached hydrogens (primary N) is 1. The molecule has 7 heteroatoms. The topological polar surface area (TPSA) is 75.9 Å². The van der Waals surface area contributed by atoms with Crippen LogP contribution in [-0.2, 0) is 14.9 Å². The summed E-state index contributed by atoms with van der Waals surface area (Å²) in [7, 11) is -1.66. The second kappa shape index (κ2) is 6.49. The molecule has 6 nitrogen and oxygen atoms in total. The van der Waals surface area contributed by atoms with Crippen molar-refractivity contribution in [2.24, 2.45) is 11.7 Å². The Morgan fingerprint density at radius 1 is 1.32 bits per heavy atom. The number of piperidine rings is 1. The predicted octanol–water partition coefficient (Wildman–Crippen LogP) is 0.0127. The summed E-state index contributed by atoms with van der Waals surface area (Å²) in [5.74, 6) is 0.298. The van der Waals surface area contributed by atoms with E-state index in [1.807, 2.05) is 0 Å². The maximum Gasteiger partial charge on any atom is 0.281 e. The maximum atomic E-state index is 12.6. The first-order chi connectivity index (χ1) is 9.05. The molecule has 0 saturated carbocycles. The van der Waals surface area contributed by atoms with E-state index in [0.29, 0.717) is 38.8 Å². The quantitative estimate of drug-likeness (QED) is 0.792. The Labute approximate surface area is 116 Å². The van der Waals surface area contributed by atoms with Gasteiger partial charge in [0, 0.05) is 39.4 Å². The third-order valence-corrected chi connectivity index (χ3v) is 6.22. The van der Waals surface area contributed by atoms with Crippen molar-refractivity contribution in [1.29, 1.82) is 0 Å². The normalized spacial score (nSPS) is 27.8. The number of ether oxygens (including phenoxy) is 1. The van der Waals surface area contributed by atoms with Crippen LogP contribution >= 0.6 is 0 Å². The monoisotopic (exact) mass is 291 g/mol. The van der Waals surface area contributed by atoms with Gasteiger partial charge < -0.3 is 10.5 Å². The molecule has 2 rings (SSSR count). The SMILES string of the molecule is CN(C1CCOCC1)S(=O)(=O)N1CCCC(CN)C1. The zero-order valence-corrected chi connectivity index (χ0v) is 12.4. The van der Waals surface area contributed by atoms with Crippen molar-refractivity contribution in [2.75, 3.05) is 39.9 Å². The van der Waals surface area contributed by atoms with Crippen molar-refractivity contribution in [3.8, 4) is 0 Å². The van der Waals surface area contributed by atoms with Crippen molar-refractivity contribution in [2.45, 2.75) is 31.7 Å². The first-order valence-electron chi connectivity index (χ1n) is 7.06. The summed E-state index contributed by atoms with van der Waals surface area (Å²) in [4.78, 5) is 0. The van der Waals surface area contributed by atoms with E-state index >= 15 is 0 Å². The van der Waals surface area contributed by atoms with Gasteiger partial charge in [-0.1, -0.05) is 0 Å². The summed E-state index contributed by atoms with van der Waals surface area (Å²) in [5.41, 5.74) is 5.68. The van der Waals surface area contributed by atoms with Crippen molar-refractivity contribution in [3.63, 3.8) is 0 Å². The zero-order valence-electron chi connectivity index (χ0n) is 11.6. The number of rotatable bonds is 4. The summed E-state index contributed by atoms with van der Waals surface area (Å²) in [6.07, 6.45) is 3.50. The van der Waals surface area contributed by atoms with Crippen LogP contribution in [0.1, 0.15) is 25.7 Å². The van der Waals surface area contributed by atoms with Gasteiger partial charge in [-0.05, 0) is 38.1 Å². The van der Waals surface area contributed by atoms with E-state index in [2.05, 4.69) is 0 Å². The third-order valence-electron chi connectivity index (χ3n) is 4.21. The second-order valence-electron chi connectivity index (χ2n) is 5.47. The minimum absolute atomic E-state index is 0.0667. The highest BCUT2D eigenvalue weighted by Crippen LogP contribution is 2.23. The van der Waals surface area contributed by atoms with Crippen LogP contribution in [0.2, 0.25) is 0 Å². The largest absolute Gasteiger partial charge is 0.381 e. The van der Waals surface area contributed by atoms with Crippen LogP contribution in [0.5, 0.6) is 0 Å². The first-order valence-corrected chi connectivity index (χ1v) is 8.46. The number of nitrogens with zero attached hydrogens (tertiary/aromatic N) is 2. The molecule has 2 N–H and O–H groups in total. The molecule has 0 spiro atoms. The standard InChI is InChI=1S/C12H25N3O3S/c1-14(12-4-7-18-8-5-12)19(16,17)15-6-2-3-11(9-13)10-15/h11-12H,2-10,13H2,1H3. The molecule has 2 heterocycles. The molecule has 0 aliphatic carbocycles. The van der Waals surface area contributed by atoms with E-state index in [1.165, 1.54) is 4.31 Å². The molecule has 0 aromatic carbocycles. The maximum absolute atomic E-state index is 12.6. The Balaban J connectivity index is 2.03. The molecule has 0 bridgehead atoms.